The van der Waals surface area contributed by atoms with Crippen LogP contribution >= 0.6 is 0 Å². The molecule has 3 aliphatic rings. The number of nitrogens with zero attached hydrogens (tertiary/aromatic N) is 3. The van der Waals surface area contributed by atoms with Crippen molar-refractivity contribution in [1.82, 2.24) is 15.0 Å². The minimum Gasteiger partial charge on any atom is -0.548 e. The molecule has 9 aromatic rings. The quantitative estimate of drug-likeness (QED) is 0.0823. The molecule has 0 saturated heterocycles. The van der Waals surface area contributed by atoms with E-state index in [-0.39, 0.29) is 16.9 Å². The highest BCUT2D eigenvalue weighted by atomic mass is 28.3. The number of benzene rings is 8. The van der Waals surface area contributed by atoms with Gasteiger partial charge in [0.1, 0.15) is 0 Å². The Morgan fingerprint density at radius 3 is 1.92 bits per heavy atom. The maximum absolute atomic E-state index is 5.40. The van der Waals surface area contributed by atoms with Crippen LogP contribution < -0.4 is 15.6 Å². The molecule has 2 heterocycles. The zero-order valence-electron chi connectivity index (χ0n) is 41.2. The maximum Gasteiger partial charge on any atom is 0.268 e. The normalized spacial score (nSPS) is 16.4. The Morgan fingerprint density at radius 2 is 1.17 bits per heavy atom. The summed E-state index contributed by atoms with van der Waals surface area (Å²) in [7, 11) is -2.65. The number of fused-ring (bicyclic) bond motifs is 7. The third-order valence-corrected chi connectivity index (χ3v) is 20.9. The van der Waals surface area contributed by atoms with Gasteiger partial charge < -0.3 is 4.74 Å². The highest BCUT2D eigenvalue weighted by Crippen LogP contribution is 2.52. The van der Waals surface area contributed by atoms with Gasteiger partial charge in [-0.3, -0.25) is 0 Å². The van der Waals surface area contributed by atoms with E-state index in [2.05, 4.69) is 236 Å². The molecule has 0 fully saturated rings. The molecule has 0 spiro atoms. The summed E-state index contributed by atoms with van der Waals surface area (Å²) >= 11 is 0. The van der Waals surface area contributed by atoms with Crippen LogP contribution in [0.1, 0.15) is 72.4 Å². The molecule has 5 heteroatoms. The van der Waals surface area contributed by atoms with E-state index in [1.807, 2.05) is 18.2 Å². The van der Waals surface area contributed by atoms with Gasteiger partial charge in [-0.15, -0.1) is 0 Å². The van der Waals surface area contributed by atoms with Crippen LogP contribution in [0.2, 0.25) is 0 Å². The van der Waals surface area contributed by atoms with E-state index in [1.165, 1.54) is 60.1 Å². The minimum absolute atomic E-state index is 0.0175. The molecule has 344 valence electrons. The number of hydrogen-bond acceptors (Lipinski definition) is 3. The van der Waals surface area contributed by atoms with Gasteiger partial charge in [-0.25, -0.2) is 15.0 Å². The number of aromatic nitrogens is 3. The summed E-state index contributed by atoms with van der Waals surface area (Å²) in [6.45, 7) is 13.8. The van der Waals surface area contributed by atoms with Crippen molar-refractivity contribution in [2.75, 3.05) is 0 Å². The molecule has 0 radical (unpaired) electrons. The second-order valence-electron chi connectivity index (χ2n) is 20.2. The first-order chi connectivity index (χ1) is 34.6. The molecule has 1 aliphatic heterocycles. The lowest BCUT2D eigenvalue weighted by atomic mass is 9.81. The van der Waals surface area contributed by atoms with Gasteiger partial charge >= 0.3 is 0 Å². The predicted octanol–water partition coefficient (Wildman–Crippen LogP) is 13.9. The zero-order valence-corrected chi connectivity index (χ0v) is 42.2. The molecule has 1 N–H and O–H groups in total. The minimum atomic E-state index is -2.65. The van der Waals surface area contributed by atoms with Crippen molar-refractivity contribution in [3.05, 3.63) is 257 Å². The molecule has 71 heavy (non-hydrogen) atoms. The molecule has 1 unspecified atom stereocenters. The van der Waals surface area contributed by atoms with Crippen molar-refractivity contribution in [3.63, 3.8) is 0 Å². The number of hydrogen-bond donors (Lipinski definition) is 0. The second-order valence-corrected chi connectivity index (χ2v) is 24.4. The summed E-state index contributed by atoms with van der Waals surface area (Å²) in [6, 6.07) is 71.5. The molecule has 0 saturated carbocycles. The summed E-state index contributed by atoms with van der Waals surface area (Å²) in [4.78, 5) is 15.9. The number of rotatable bonds is 9. The maximum atomic E-state index is 5.40. The monoisotopic (exact) mass is 934 g/mol. The van der Waals surface area contributed by atoms with Gasteiger partial charge in [0.2, 0.25) is 5.76 Å². The van der Waals surface area contributed by atoms with Crippen LogP contribution in [0.4, 0.5) is 0 Å². The number of ether oxygens (including phenoxy) is 1. The van der Waals surface area contributed by atoms with E-state index in [1.54, 1.807) is 0 Å². The van der Waals surface area contributed by atoms with Crippen LogP contribution in [0.3, 0.4) is 0 Å². The largest absolute Gasteiger partial charge is 0.548 e. The number of aromatic hydroxyl groups is 1. The summed E-state index contributed by atoms with van der Waals surface area (Å²) in [5, 5.41) is 4.21. The van der Waals surface area contributed by atoms with E-state index in [0.717, 1.165) is 44.9 Å². The van der Waals surface area contributed by atoms with Crippen molar-refractivity contribution in [2.45, 2.75) is 52.5 Å². The van der Waals surface area contributed by atoms with Gasteiger partial charge in [-0.2, -0.15) is 0 Å². The molecule has 3 atom stereocenters. The predicted molar refractivity (Wildman–Crippen MR) is 297 cm³/mol. The van der Waals surface area contributed by atoms with Gasteiger partial charge in [0.25, 0.3) is 5.75 Å². The topological polar surface area (TPSA) is 51.5 Å². The second kappa shape index (κ2) is 17.4. The van der Waals surface area contributed by atoms with Crippen LogP contribution in [0.15, 0.2) is 218 Å². The fourth-order valence-electron chi connectivity index (χ4n) is 12.0. The average Bonchev–Trinajstić information content (AvgIpc) is 3.58. The third-order valence-electron chi connectivity index (χ3n) is 15.6. The lowest BCUT2D eigenvalue weighted by Gasteiger charge is -2.39. The van der Waals surface area contributed by atoms with Crippen LogP contribution in [0.25, 0.3) is 56.2 Å². The Labute approximate surface area is 418 Å². The number of aliphatic hydroxyl groups is 1. The molecular weight excluding hydrogens is 879 g/mol. The zero-order chi connectivity index (χ0) is 48.4. The smallest absolute Gasteiger partial charge is 0.268 e. The first kappa shape index (κ1) is 44.2. The van der Waals surface area contributed by atoms with Crippen molar-refractivity contribution in [2.24, 2.45) is 5.92 Å². The van der Waals surface area contributed by atoms with E-state index < -0.39 is 8.07 Å². The van der Waals surface area contributed by atoms with Gasteiger partial charge in [-0.05, 0) is 110 Å². The van der Waals surface area contributed by atoms with Gasteiger partial charge in [0.05, 0.1) is 11.5 Å². The molecule has 12 rings (SSSR count). The molecule has 4 nitrogen and oxygen atoms in total. The number of allylic oxidation sites excluding steroid dienone is 5. The summed E-state index contributed by atoms with van der Waals surface area (Å²) < 4.78 is 5.36. The molecule has 1 aromatic heterocycles. The SMILES string of the molecule is Cc1cccc([Si](c2ccccc2)(c2ccc(-c3ccc4c(c3)[OH+]C3=CC=CC(c5nc(-c6ccccc6)nc(-c6cc(C)c7c(c6)C(C)(C)c6ccccc6-7)n5)=C4[C@H]3C)cc2)[C@@H](C)c2ccccc2)c1. The van der Waals surface area contributed by atoms with Crippen LogP contribution in [-0.2, 0) is 5.41 Å². The molecular formula is C66H56N3OSi+. The van der Waals surface area contributed by atoms with Crippen molar-refractivity contribution >= 4 is 34.8 Å². The van der Waals surface area contributed by atoms with E-state index in [0.29, 0.717) is 17.5 Å². The fourth-order valence-corrected chi connectivity index (χ4v) is 17.4. The van der Waals surface area contributed by atoms with Gasteiger partial charge in [-0.1, -0.05) is 208 Å². The fraction of sp³-hybridized carbons (Fsp3) is 0.136. The summed E-state index contributed by atoms with van der Waals surface area (Å²) in [5.41, 5.74) is 16.7. The van der Waals surface area contributed by atoms with Gasteiger partial charge in [0.15, 0.2) is 25.5 Å². The molecule has 8 aromatic carbocycles. The number of aryl methyl sites for hydroxylation is 2. The highest BCUT2D eigenvalue weighted by Gasteiger charge is 2.45. The standard InChI is InChI=1S/C66H55N3OSi/c1-42-20-18-27-53(38-42)71(51-25-14-9-15-26-51,45(4)46-21-10-7-11-22-46)52-35-32-47(33-36-52)49-34-37-55-60(41-49)70-59-31-19-29-56(62(55)44(59)3)65-68-63(48-23-12-8-13-24-48)67-64(69-65)50-39-43(2)61-54-28-16-17-30-57(54)66(5,6)58(61)40-50/h7-41,44-45H,1-6H3/p+1/t44-,45-,71?/m0/s1. The molecule has 0 amide bonds. The molecule has 2 aliphatic carbocycles. The third kappa shape index (κ3) is 7.37. The van der Waals surface area contributed by atoms with Crippen LogP contribution in [0, 0.1) is 19.8 Å². The van der Waals surface area contributed by atoms with Crippen molar-refractivity contribution < 1.29 is 4.74 Å². The van der Waals surface area contributed by atoms with E-state index in [9.17, 15) is 0 Å². The highest BCUT2D eigenvalue weighted by molar-refractivity contribution is 7.12. The van der Waals surface area contributed by atoms with Crippen molar-refractivity contribution in [3.8, 4) is 50.8 Å². The first-order valence-electron chi connectivity index (χ1n) is 24.9. The van der Waals surface area contributed by atoms with E-state index in [4.69, 9.17) is 19.7 Å². The van der Waals surface area contributed by atoms with Crippen molar-refractivity contribution in [1.29, 1.82) is 0 Å². The summed E-state index contributed by atoms with van der Waals surface area (Å²) in [5.74, 6) is 3.95. The Balaban J connectivity index is 0.971. The average molecular weight is 935 g/mol. The van der Waals surface area contributed by atoms with Crippen LogP contribution in [-0.4, -0.2) is 27.8 Å². The first-order valence-corrected chi connectivity index (χ1v) is 27.0. The Kier molecular flexibility index (Phi) is 10.9. The molecule has 2 bridgehead atoms. The Bertz CT molecular complexity index is 3630. The summed E-state index contributed by atoms with van der Waals surface area (Å²) in [6.07, 6.45) is 6.44. The van der Waals surface area contributed by atoms with E-state index >= 15 is 0 Å². The van der Waals surface area contributed by atoms with Crippen LogP contribution in [0.5, 0.6) is 5.75 Å². The van der Waals surface area contributed by atoms with Gasteiger partial charge in [0, 0.05) is 34.3 Å². The lowest BCUT2D eigenvalue weighted by molar-refractivity contribution is 0.126. The Morgan fingerprint density at radius 1 is 0.535 bits per heavy atom. The lowest BCUT2D eigenvalue weighted by Crippen LogP contribution is -2.70. The Hall–Kier alpha value is -7.99.